The number of ether oxygens (including phenoxy) is 2. The second kappa shape index (κ2) is 16.6. The summed E-state index contributed by atoms with van der Waals surface area (Å²) in [4.78, 5) is 6.88. The molecular weight excluding hydrogens is 491 g/mol. The van der Waals surface area contributed by atoms with Crippen molar-refractivity contribution in [2.24, 2.45) is 10.9 Å². The van der Waals surface area contributed by atoms with E-state index >= 15 is 0 Å². The first-order valence-corrected chi connectivity index (χ1v) is 11.1. The molecule has 1 heterocycles. The summed E-state index contributed by atoms with van der Waals surface area (Å²) in [5.74, 6) is 2.53. The average Bonchev–Trinajstić information content (AvgIpc) is 2.76. The highest BCUT2D eigenvalue weighted by Crippen LogP contribution is 2.19. The Kier molecular flexibility index (Phi) is 14.9. The Labute approximate surface area is 200 Å². The first-order valence-electron chi connectivity index (χ1n) is 11.1. The third kappa shape index (κ3) is 10.8. The summed E-state index contributed by atoms with van der Waals surface area (Å²) in [6.45, 7) is 9.09. The van der Waals surface area contributed by atoms with E-state index in [0.29, 0.717) is 5.92 Å². The molecule has 1 aliphatic rings. The van der Waals surface area contributed by atoms with Gasteiger partial charge >= 0.3 is 0 Å². The standard InChI is InChI=1S/C23H40N4O2.HI/c1-4-5-16-29-17-6-13-25-23(24-2)26-18-20-11-14-27(15-12-20)19-21-7-9-22(28-3)10-8-21;/h7-10,20H,4-6,11-19H2,1-3H3,(H2,24,25,26);1H. The van der Waals surface area contributed by atoms with E-state index in [1.807, 2.05) is 19.2 Å². The Hall–Kier alpha value is -1.06. The van der Waals surface area contributed by atoms with E-state index in [2.05, 4.69) is 39.6 Å². The third-order valence-electron chi connectivity index (χ3n) is 5.45. The maximum Gasteiger partial charge on any atom is 0.190 e. The summed E-state index contributed by atoms with van der Waals surface area (Å²) in [6.07, 6.45) is 5.80. The molecule has 0 aliphatic carbocycles. The number of unbranched alkanes of at least 4 members (excludes halogenated alkanes) is 1. The number of nitrogens with one attached hydrogen (secondary N) is 2. The molecule has 1 saturated heterocycles. The summed E-state index contributed by atoms with van der Waals surface area (Å²) in [6, 6.07) is 8.41. The van der Waals surface area contributed by atoms with E-state index in [0.717, 1.165) is 70.5 Å². The van der Waals surface area contributed by atoms with E-state index in [1.54, 1.807) is 7.11 Å². The van der Waals surface area contributed by atoms with Crippen LogP contribution < -0.4 is 15.4 Å². The Bertz CT molecular complexity index is 575. The number of guanidine groups is 1. The van der Waals surface area contributed by atoms with Crippen molar-refractivity contribution in [2.45, 2.75) is 45.6 Å². The lowest BCUT2D eigenvalue weighted by Crippen LogP contribution is -2.43. The van der Waals surface area contributed by atoms with Gasteiger partial charge in [0, 0.05) is 39.9 Å². The molecule has 0 spiro atoms. The second-order valence-electron chi connectivity index (χ2n) is 7.77. The molecule has 2 rings (SSSR count). The lowest BCUT2D eigenvalue weighted by Gasteiger charge is -2.32. The number of likely N-dealkylation sites (tertiary alicyclic amines) is 1. The van der Waals surface area contributed by atoms with Crippen LogP contribution in [-0.4, -0.2) is 64.4 Å². The lowest BCUT2D eigenvalue weighted by molar-refractivity contribution is 0.129. The maximum absolute atomic E-state index is 5.60. The summed E-state index contributed by atoms with van der Waals surface area (Å²) in [7, 11) is 3.55. The zero-order valence-electron chi connectivity index (χ0n) is 19.0. The number of benzene rings is 1. The minimum absolute atomic E-state index is 0. The molecule has 1 fully saturated rings. The van der Waals surface area contributed by atoms with Crippen molar-refractivity contribution in [2.75, 3.05) is 53.6 Å². The van der Waals surface area contributed by atoms with Crippen molar-refractivity contribution in [1.82, 2.24) is 15.5 Å². The number of methoxy groups -OCH3 is 1. The molecule has 0 amide bonds. The van der Waals surface area contributed by atoms with Gasteiger partial charge in [-0.05, 0) is 62.4 Å². The van der Waals surface area contributed by atoms with Gasteiger partial charge in [-0.25, -0.2) is 0 Å². The Morgan fingerprint density at radius 1 is 1.10 bits per heavy atom. The molecule has 0 unspecified atom stereocenters. The van der Waals surface area contributed by atoms with Crippen molar-refractivity contribution in [3.05, 3.63) is 29.8 Å². The zero-order valence-corrected chi connectivity index (χ0v) is 21.3. The van der Waals surface area contributed by atoms with Crippen LogP contribution in [0.15, 0.2) is 29.3 Å². The number of piperidine rings is 1. The van der Waals surface area contributed by atoms with Crippen molar-refractivity contribution in [3.8, 4) is 5.75 Å². The van der Waals surface area contributed by atoms with Crippen LogP contribution in [0.4, 0.5) is 0 Å². The van der Waals surface area contributed by atoms with Crippen LogP contribution in [0, 0.1) is 5.92 Å². The van der Waals surface area contributed by atoms with Gasteiger partial charge in [0.1, 0.15) is 5.75 Å². The summed E-state index contributed by atoms with van der Waals surface area (Å²) in [5, 5.41) is 6.88. The molecule has 1 aliphatic heterocycles. The van der Waals surface area contributed by atoms with Crippen LogP contribution in [0.2, 0.25) is 0 Å². The van der Waals surface area contributed by atoms with E-state index in [4.69, 9.17) is 9.47 Å². The van der Waals surface area contributed by atoms with Crippen molar-refractivity contribution in [1.29, 1.82) is 0 Å². The molecule has 7 heteroatoms. The Balaban J connectivity index is 0.00000450. The molecule has 30 heavy (non-hydrogen) atoms. The van der Waals surface area contributed by atoms with E-state index < -0.39 is 0 Å². The fourth-order valence-electron chi connectivity index (χ4n) is 3.53. The second-order valence-corrected chi connectivity index (χ2v) is 7.77. The highest BCUT2D eigenvalue weighted by Gasteiger charge is 2.19. The number of hydrogen-bond acceptors (Lipinski definition) is 4. The van der Waals surface area contributed by atoms with Gasteiger partial charge in [-0.15, -0.1) is 24.0 Å². The minimum Gasteiger partial charge on any atom is -0.497 e. The number of nitrogens with zero attached hydrogens (tertiary/aromatic N) is 2. The van der Waals surface area contributed by atoms with Gasteiger partial charge in [0.15, 0.2) is 5.96 Å². The Morgan fingerprint density at radius 3 is 2.43 bits per heavy atom. The predicted molar refractivity (Wildman–Crippen MR) is 136 cm³/mol. The van der Waals surface area contributed by atoms with Gasteiger partial charge in [-0.1, -0.05) is 25.5 Å². The van der Waals surface area contributed by atoms with Crippen molar-refractivity contribution < 1.29 is 9.47 Å². The number of rotatable bonds is 12. The molecule has 0 radical (unpaired) electrons. The van der Waals surface area contributed by atoms with Crippen LogP contribution >= 0.6 is 24.0 Å². The number of hydrogen-bond donors (Lipinski definition) is 2. The number of aliphatic imine (C=N–C) groups is 1. The van der Waals surface area contributed by atoms with E-state index in [9.17, 15) is 0 Å². The van der Waals surface area contributed by atoms with Crippen molar-refractivity contribution in [3.63, 3.8) is 0 Å². The van der Waals surface area contributed by atoms with Crippen LogP contribution in [0.25, 0.3) is 0 Å². The quantitative estimate of drug-likeness (QED) is 0.185. The topological polar surface area (TPSA) is 58.1 Å². The molecule has 1 aromatic rings. The first kappa shape index (κ1) is 27.0. The summed E-state index contributed by atoms with van der Waals surface area (Å²) >= 11 is 0. The van der Waals surface area contributed by atoms with Gasteiger partial charge in [-0.3, -0.25) is 9.89 Å². The van der Waals surface area contributed by atoms with E-state index in [1.165, 1.54) is 24.8 Å². The molecule has 0 saturated carbocycles. The SMILES string of the molecule is CCCCOCCCNC(=NC)NCC1CCN(Cc2ccc(OC)cc2)CC1.I. The van der Waals surface area contributed by atoms with Gasteiger partial charge in [0.05, 0.1) is 7.11 Å². The average molecular weight is 533 g/mol. The lowest BCUT2D eigenvalue weighted by atomic mass is 9.96. The van der Waals surface area contributed by atoms with Crippen LogP contribution in [0.3, 0.4) is 0 Å². The van der Waals surface area contributed by atoms with Crippen molar-refractivity contribution >= 4 is 29.9 Å². The molecule has 0 atom stereocenters. The maximum atomic E-state index is 5.60. The van der Waals surface area contributed by atoms with Crippen LogP contribution in [0.5, 0.6) is 5.75 Å². The monoisotopic (exact) mass is 532 g/mol. The fraction of sp³-hybridized carbons (Fsp3) is 0.696. The molecule has 172 valence electrons. The molecule has 0 aromatic heterocycles. The zero-order chi connectivity index (χ0) is 20.7. The summed E-state index contributed by atoms with van der Waals surface area (Å²) < 4.78 is 10.8. The highest BCUT2D eigenvalue weighted by molar-refractivity contribution is 14.0. The van der Waals surface area contributed by atoms with E-state index in [-0.39, 0.29) is 24.0 Å². The molecule has 0 bridgehead atoms. The normalized spacial score (nSPS) is 15.5. The largest absolute Gasteiger partial charge is 0.497 e. The fourth-order valence-corrected chi connectivity index (χ4v) is 3.53. The van der Waals surface area contributed by atoms with Gasteiger partial charge in [0.2, 0.25) is 0 Å². The molecular formula is C23H41IN4O2. The molecule has 2 N–H and O–H groups in total. The summed E-state index contributed by atoms with van der Waals surface area (Å²) in [5.41, 5.74) is 1.35. The Morgan fingerprint density at radius 2 is 1.80 bits per heavy atom. The molecule has 1 aromatic carbocycles. The van der Waals surface area contributed by atoms with Crippen LogP contribution in [-0.2, 0) is 11.3 Å². The smallest absolute Gasteiger partial charge is 0.190 e. The first-order chi connectivity index (χ1) is 14.2. The molecule has 6 nitrogen and oxygen atoms in total. The van der Waals surface area contributed by atoms with Gasteiger partial charge in [0.25, 0.3) is 0 Å². The minimum atomic E-state index is 0. The predicted octanol–water partition coefficient (Wildman–Crippen LogP) is 3.90. The van der Waals surface area contributed by atoms with Gasteiger partial charge in [-0.2, -0.15) is 0 Å². The number of halogens is 1. The van der Waals surface area contributed by atoms with Crippen LogP contribution in [0.1, 0.15) is 44.6 Å². The third-order valence-corrected chi connectivity index (χ3v) is 5.45. The highest BCUT2D eigenvalue weighted by atomic mass is 127. The van der Waals surface area contributed by atoms with Gasteiger partial charge < -0.3 is 20.1 Å².